The molecule has 0 amide bonds. The Labute approximate surface area is 82.1 Å². The molecule has 0 saturated heterocycles. The molecule has 0 heterocycles. The predicted octanol–water partition coefficient (Wildman–Crippen LogP) is 2.83. The van der Waals surface area contributed by atoms with E-state index in [1.807, 2.05) is 0 Å². The van der Waals surface area contributed by atoms with E-state index in [1.54, 1.807) is 18.2 Å². The molecule has 1 N–H and O–H groups in total. The molecule has 1 aromatic rings. The Morgan fingerprint density at radius 2 is 2.23 bits per heavy atom. The molecule has 1 aliphatic carbocycles. The van der Waals surface area contributed by atoms with Gasteiger partial charge in [-0.05, 0) is 30.9 Å². The van der Waals surface area contributed by atoms with E-state index >= 15 is 0 Å². The fourth-order valence-electron chi connectivity index (χ4n) is 1.10. The lowest BCUT2D eigenvalue weighted by Gasteiger charge is -2.06. The lowest BCUT2D eigenvalue weighted by Crippen LogP contribution is -1.98. The smallest absolute Gasteiger partial charge is 0.162 e. The summed E-state index contributed by atoms with van der Waals surface area (Å²) in [6.45, 7) is 0.688. The number of benzene rings is 1. The van der Waals surface area contributed by atoms with Gasteiger partial charge in [0.05, 0.1) is 6.61 Å². The first-order valence-electron chi connectivity index (χ1n) is 4.37. The van der Waals surface area contributed by atoms with E-state index in [0.717, 1.165) is 0 Å². The molecule has 0 aliphatic heterocycles. The Bertz CT molecular complexity index is 308. The number of phenols is 1. The lowest BCUT2D eigenvalue weighted by atomic mass is 10.3. The number of ether oxygens (including phenoxy) is 1. The summed E-state index contributed by atoms with van der Waals surface area (Å²) >= 11 is 5.76. The number of hydrogen-bond donors (Lipinski definition) is 1. The maximum absolute atomic E-state index is 9.38. The van der Waals surface area contributed by atoms with E-state index in [0.29, 0.717) is 23.3 Å². The molecule has 0 radical (unpaired) electrons. The van der Waals surface area contributed by atoms with Crippen LogP contribution in [0, 0.1) is 5.92 Å². The average molecular weight is 199 g/mol. The van der Waals surface area contributed by atoms with Crippen molar-refractivity contribution in [1.82, 2.24) is 0 Å². The summed E-state index contributed by atoms with van der Waals surface area (Å²) in [7, 11) is 0. The van der Waals surface area contributed by atoms with Crippen LogP contribution in [0.3, 0.4) is 0 Å². The summed E-state index contributed by atoms with van der Waals surface area (Å²) in [5.41, 5.74) is 0. The minimum atomic E-state index is 0.157. The van der Waals surface area contributed by atoms with Crippen LogP contribution in [0.1, 0.15) is 12.8 Å². The second-order valence-corrected chi connectivity index (χ2v) is 3.80. The van der Waals surface area contributed by atoms with Crippen LogP contribution in [0.4, 0.5) is 0 Å². The monoisotopic (exact) mass is 198 g/mol. The number of rotatable bonds is 3. The molecule has 1 fully saturated rings. The van der Waals surface area contributed by atoms with Crippen molar-refractivity contribution in [1.29, 1.82) is 0 Å². The molecule has 3 heteroatoms. The third-order valence-electron chi connectivity index (χ3n) is 2.09. The first-order valence-corrected chi connectivity index (χ1v) is 4.75. The molecule has 0 atom stereocenters. The van der Waals surface area contributed by atoms with Crippen molar-refractivity contribution < 1.29 is 9.84 Å². The van der Waals surface area contributed by atoms with Crippen LogP contribution in [0.15, 0.2) is 18.2 Å². The van der Waals surface area contributed by atoms with Crippen molar-refractivity contribution in [2.45, 2.75) is 12.8 Å². The number of halogens is 1. The molecule has 0 aromatic heterocycles. The van der Waals surface area contributed by atoms with Gasteiger partial charge < -0.3 is 9.84 Å². The third kappa shape index (κ3) is 2.28. The standard InChI is InChI=1S/C10H11ClO2/c11-8-3-4-9(12)10(5-8)13-6-7-1-2-7/h3-5,7,12H,1-2,6H2. The number of hydrogen-bond acceptors (Lipinski definition) is 2. The molecular formula is C10H11ClO2. The molecule has 1 saturated carbocycles. The Hall–Kier alpha value is -0.890. The summed E-state index contributed by atoms with van der Waals surface area (Å²) in [4.78, 5) is 0. The maximum Gasteiger partial charge on any atom is 0.162 e. The number of aromatic hydroxyl groups is 1. The van der Waals surface area contributed by atoms with Crippen molar-refractivity contribution in [3.8, 4) is 11.5 Å². The second kappa shape index (κ2) is 3.46. The van der Waals surface area contributed by atoms with E-state index in [9.17, 15) is 5.11 Å². The predicted molar refractivity (Wildman–Crippen MR) is 51.3 cm³/mol. The van der Waals surface area contributed by atoms with Crippen molar-refractivity contribution in [2.24, 2.45) is 5.92 Å². The van der Waals surface area contributed by atoms with Crippen LogP contribution in [-0.4, -0.2) is 11.7 Å². The Kier molecular flexibility index (Phi) is 2.32. The fraction of sp³-hybridized carbons (Fsp3) is 0.400. The molecule has 13 heavy (non-hydrogen) atoms. The molecule has 0 spiro atoms. The van der Waals surface area contributed by atoms with Gasteiger partial charge in [0.2, 0.25) is 0 Å². The largest absolute Gasteiger partial charge is 0.504 e. The van der Waals surface area contributed by atoms with Gasteiger partial charge in [-0.25, -0.2) is 0 Å². The molecule has 70 valence electrons. The van der Waals surface area contributed by atoms with Gasteiger partial charge in [0.1, 0.15) is 0 Å². The fourth-order valence-corrected chi connectivity index (χ4v) is 1.26. The topological polar surface area (TPSA) is 29.5 Å². The van der Waals surface area contributed by atoms with Crippen LogP contribution >= 0.6 is 11.6 Å². The Morgan fingerprint density at radius 3 is 2.92 bits per heavy atom. The van der Waals surface area contributed by atoms with Crippen LogP contribution in [0.2, 0.25) is 5.02 Å². The Morgan fingerprint density at radius 1 is 1.46 bits per heavy atom. The van der Waals surface area contributed by atoms with E-state index < -0.39 is 0 Å². The van der Waals surface area contributed by atoms with E-state index in [2.05, 4.69) is 0 Å². The summed E-state index contributed by atoms with van der Waals surface area (Å²) < 4.78 is 5.41. The first kappa shape index (κ1) is 8.70. The van der Waals surface area contributed by atoms with Crippen molar-refractivity contribution in [2.75, 3.05) is 6.61 Å². The lowest BCUT2D eigenvalue weighted by molar-refractivity contribution is 0.284. The van der Waals surface area contributed by atoms with Gasteiger partial charge in [0, 0.05) is 11.1 Å². The van der Waals surface area contributed by atoms with Crippen molar-refractivity contribution in [3.63, 3.8) is 0 Å². The van der Waals surface area contributed by atoms with Crippen molar-refractivity contribution >= 4 is 11.6 Å². The Balaban J connectivity index is 2.03. The van der Waals surface area contributed by atoms with Gasteiger partial charge >= 0.3 is 0 Å². The molecule has 2 nitrogen and oxygen atoms in total. The zero-order valence-electron chi connectivity index (χ0n) is 7.16. The summed E-state index contributed by atoms with van der Waals surface area (Å²) in [6.07, 6.45) is 2.47. The molecule has 1 aliphatic rings. The minimum absolute atomic E-state index is 0.157. The molecule has 0 unspecified atom stereocenters. The summed E-state index contributed by atoms with van der Waals surface area (Å²) in [6, 6.07) is 4.82. The number of phenolic OH excluding ortho intramolecular Hbond substituents is 1. The first-order chi connectivity index (χ1) is 6.25. The van der Waals surface area contributed by atoms with Gasteiger partial charge in [0.15, 0.2) is 11.5 Å². The normalized spacial score (nSPS) is 15.8. The van der Waals surface area contributed by atoms with Gasteiger partial charge in [-0.2, -0.15) is 0 Å². The van der Waals surface area contributed by atoms with E-state index in [-0.39, 0.29) is 5.75 Å². The van der Waals surface area contributed by atoms with Gasteiger partial charge in [0.25, 0.3) is 0 Å². The van der Waals surface area contributed by atoms with Crippen LogP contribution < -0.4 is 4.74 Å². The van der Waals surface area contributed by atoms with Gasteiger partial charge in [-0.1, -0.05) is 11.6 Å². The zero-order chi connectivity index (χ0) is 9.26. The van der Waals surface area contributed by atoms with E-state index in [4.69, 9.17) is 16.3 Å². The van der Waals surface area contributed by atoms with Gasteiger partial charge in [-0.3, -0.25) is 0 Å². The highest BCUT2D eigenvalue weighted by Gasteiger charge is 2.22. The average Bonchev–Trinajstić information content (AvgIpc) is 2.90. The zero-order valence-corrected chi connectivity index (χ0v) is 7.92. The van der Waals surface area contributed by atoms with Crippen LogP contribution in [0.5, 0.6) is 11.5 Å². The van der Waals surface area contributed by atoms with Crippen LogP contribution in [-0.2, 0) is 0 Å². The summed E-state index contributed by atoms with van der Waals surface area (Å²) in [5, 5.41) is 9.97. The highest BCUT2D eigenvalue weighted by Crippen LogP contribution is 2.33. The second-order valence-electron chi connectivity index (χ2n) is 3.37. The van der Waals surface area contributed by atoms with Gasteiger partial charge in [-0.15, -0.1) is 0 Å². The quantitative estimate of drug-likeness (QED) is 0.810. The highest BCUT2D eigenvalue weighted by molar-refractivity contribution is 6.30. The van der Waals surface area contributed by atoms with E-state index in [1.165, 1.54) is 12.8 Å². The molecule has 2 rings (SSSR count). The minimum Gasteiger partial charge on any atom is -0.504 e. The molecule has 1 aromatic carbocycles. The molecule has 0 bridgehead atoms. The third-order valence-corrected chi connectivity index (χ3v) is 2.33. The highest BCUT2D eigenvalue weighted by atomic mass is 35.5. The molecular weight excluding hydrogens is 188 g/mol. The van der Waals surface area contributed by atoms with Crippen LogP contribution in [0.25, 0.3) is 0 Å². The van der Waals surface area contributed by atoms with Crippen molar-refractivity contribution in [3.05, 3.63) is 23.2 Å². The summed E-state index contributed by atoms with van der Waals surface area (Å²) in [5.74, 6) is 1.32. The SMILES string of the molecule is Oc1ccc(Cl)cc1OCC1CC1. The maximum atomic E-state index is 9.38.